The predicted octanol–water partition coefficient (Wildman–Crippen LogP) is 4.14. The fraction of sp³-hybridized carbons (Fsp3) is 0.409. The average molecular weight is 368 g/mol. The molecule has 1 aliphatic rings. The molecule has 0 saturated heterocycles. The van der Waals surface area contributed by atoms with Gasteiger partial charge in [-0.1, -0.05) is 31.5 Å². The molecule has 27 heavy (non-hydrogen) atoms. The zero-order chi connectivity index (χ0) is 19.4. The lowest BCUT2D eigenvalue weighted by atomic mass is 9.87. The van der Waals surface area contributed by atoms with Gasteiger partial charge in [-0.2, -0.15) is 0 Å². The second-order valence-corrected chi connectivity index (χ2v) is 6.98. The van der Waals surface area contributed by atoms with Crippen molar-refractivity contribution in [1.29, 1.82) is 0 Å². The molecule has 5 nitrogen and oxygen atoms in total. The number of amides is 1. The third-order valence-electron chi connectivity index (χ3n) is 5.16. The number of fused-ring (bicyclic) bond motifs is 1. The van der Waals surface area contributed by atoms with Crippen molar-refractivity contribution in [3.8, 4) is 11.5 Å². The monoisotopic (exact) mass is 368 g/mol. The second kappa shape index (κ2) is 8.44. The van der Waals surface area contributed by atoms with Crippen LogP contribution < -0.4 is 14.9 Å². The van der Waals surface area contributed by atoms with E-state index in [1.165, 1.54) is 11.1 Å². The van der Waals surface area contributed by atoms with Crippen molar-refractivity contribution >= 4 is 5.91 Å². The number of ether oxygens (including phenoxy) is 2. The number of hydrazine groups is 1. The molecule has 3 rings (SSSR count). The lowest BCUT2D eigenvalue weighted by Gasteiger charge is -2.42. The molecule has 1 amide bonds. The van der Waals surface area contributed by atoms with Gasteiger partial charge in [0.1, 0.15) is 0 Å². The summed E-state index contributed by atoms with van der Waals surface area (Å²) in [6.45, 7) is 4.31. The molecule has 0 bridgehead atoms. The van der Waals surface area contributed by atoms with E-state index in [1.54, 1.807) is 14.2 Å². The molecule has 2 aromatic carbocycles. The van der Waals surface area contributed by atoms with Crippen molar-refractivity contribution in [2.75, 3.05) is 14.2 Å². The SMILES string of the molecule is CCCC1c2cc(OC)c(OC)cc2CC(C)N1NC(=O)c1ccccc1. The Morgan fingerprint density at radius 1 is 1.15 bits per heavy atom. The van der Waals surface area contributed by atoms with Gasteiger partial charge in [0.25, 0.3) is 5.91 Å². The first-order valence-corrected chi connectivity index (χ1v) is 9.48. The highest BCUT2D eigenvalue weighted by Gasteiger charge is 2.34. The van der Waals surface area contributed by atoms with Crippen molar-refractivity contribution in [2.45, 2.75) is 45.2 Å². The lowest BCUT2D eigenvalue weighted by Crippen LogP contribution is -2.52. The van der Waals surface area contributed by atoms with Crippen LogP contribution in [0.25, 0.3) is 0 Å². The van der Waals surface area contributed by atoms with Crippen LogP contribution in [0.3, 0.4) is 0 Å². The van der Waals surface area contributed by atoms with Crippen molar-refractivity contribution in [3.63, 3.8) is 0 Å². The number of carbonyl (C=O) groups excluding carboxylic acids is 1. The van der Waals surface area contributed by atoms with Crippen molar-refractivity contribution in [2.24, 2.45) is 0 Å². The Kier molecular flexibility index (Phi) is 6.01. The molecule has 0 saturated carbocycles. The van der Waals surface area contributed by atoms with Crippen molar-refractivity contribution < 1.29 is 14.3 Å². The Bertz CT molecular complexity index is 792. The summed E-state index contributed by atoms with van der Waals surface area (Å²) in [4.78, 5) is 12.7. The molecule has 0 spiro atoms. The molecule has 2 unspecified atom stereocenters. The zero-order valence-electron chi connectivity index (χ0n) is 16.5. The van der Waals surface area contributed by atoms with Crippen LogP contribution in [0.1, 0.15) is 54.2 Å². The van der Waals surface area contributed by atoms with Gasteiger partial charge < -0.3 is 9.47 Å². The maximum Gasteiger partial charge on any atom is 0.265 e. The number of hydrogen-bond acceptors (Lipinski definition) is 4. The van der Waals surface area contributed by atoms with Crippen LogP contribution in [0.5, 0.6) is 11.5 Å². The molecule has 5 heteroatoms. The molecular formula is C22H28N2O3. The minimum atomic E-state index is -0.0764. The number of carbonyl (C=O) groups is 1. The van der Waals surface area contributed by atoms with Gasteiger partial charge in [0, 0.05) is 11.6 Å². The van der Waals surface area contributed by atoms with E-state index in [9.17, 15) is 4.79 Å². The van der Waals surface area contributed by atoms with Gasteiger partial charge in [0.15, 0.2) is 11.5 Å². The van der Waals surface area contributed by atoms with Gasteiger partial charge in [-0.25, -0.2) is 5.01 Å². The van der Waals surface area contributed by atoms with Gasteiger partial charge >= 0.3 is 0 Å². The van der Waals surface area contributed by atoms with E-state index in [0.717, 1.165) is 30.8 Å². The summed E-state index contributed by atoms with van der Waals surface area (Å²) in [6.07, 6.45) is 2.80. The van der Waals surface area contributed by atoms with E-state index >= 15 is 0 Å². The molecule has 0 aliphatic carbocycles. The Hall–Kier alpha value is -2.53. The van der Waals surface area contributed by atoms with Gasteiger partial charge in [0.05, 0.1) is 20.3 Å². The van der Waals surface area contributed by atoms with E-state index in [2.05, 4.69) is 36.4 Å². The molecule has 0 aromatic heterocycles. The summed E-state index contributed by atoms with van der Waals surface area (Å²) < 4.78 is 11.0. The molecule has 144 valence electrons. The highest BCUT2D eigenvalue weighted by molar-refractivity contribution is 5.93. The summed E-state index contributed by atoms with van der Waals surface area (Å²) in [6, 6.07) is 13.7. The smallest absolute Gasteiger partial charge is 0.265 e. The Labute approximate surface area is 161 Å². The van der Waals surface area contributed by atoms with Crippen molar-refractivity contribution in [1.82, 2.24) is 10.4 Å². The molecule has 1 aliphatic heterocycles. The number of benzene rings is 2. The topological polar surface area (TPSA) is 50.8 Å². The van der Waals surface area contributed by atoms with E-state index in [1.807, 2.05) is 30.3 Å². The molecule has 0 fully saturated rings. The Morgan fingerprint density at radius 2 is 1.81 bits per heavy atom. The summed E-state index contributed by atoms with van der Waals surface area (Å²) in [5.41, 5.74) is 6.26. The summed E-state index contributed by atoms with van der Waals surface area (Å²) >= 11 is 0. The van der Waals surface area contributed by atoms with E-state index in [4.69, 9.17) is 9.47 Å². The van der Waals surface area contributed by atoms with Gasteiger partial charge in [-0.05, 0) is 55.2 Å². The number of rotatable bonds is 6. The number of nitrogens with zero attached hydrogens (tertiary/aromatic N) is 1. The van der Waals surface area contributed by atoms with Gasteiger partial charge in [0.2, 0.25) is 0 Å². The minimum absolute atomic E-state index is 0.0764. The highest BCUT2D eigenvalue weighted by Crippen LogP contribution is 2.40. The molecule has 2 atom stereocenters. The van der Waals surface area contributed by atoms with Gasteiger partial charge in [-0.15, -0.1) is 0 Å². The van der Waals surface area contributed by atoms with E-state index < -0.39 is 0 Å². The van der Waals surface area contributed by atoms with Crippen LogP contribution in [0.4, 0.5) is 0 Å². The maximum atomic E-state index is 12.7. The lowest BCUT2D eigenvalue weighted by molar-refractivity contribution is 0.0431. The third-order valence-corrected chi connectivity index (χ3v) is 5.16. The first-order valence-electron chi connectivity index (χ1n) is 9.48. The Balaban J connectivity index is 1.94. The summed E-state index contributed by atoms with van der Waals surface area (Å²) in [7, 11) is 3.31. The molecule has 2 aromatic rings. The molecule has 1 N–H and O–H groups in total. The molecule has 1 heterocycles. The summed E-state index contributed by atoms with van der Waals surface area (Å²) in [5.74, 6) is 1.40. The fourth-order valence-corrected chi connectivity index (χ4v) is 3.82. The van der Waals surface area contributed by atoms with Gasteiger partial charge in [-0.3, -0.25) is 10.2 Å². The minimum Gasteiger partial charge on any atom is -0.493 e. The Morgan fingerprint density at radius 3 is 2.44 bits per heavy atom. The predicted molar refractivity (Wildman–Crippen MR) is 106 cm³/mol. The highest BCUT2D eigenvalue weighted by atomic mass is 16.5. The number of methoxy groups -OCH3 is 2. The largest absolute Gasteiger partial charge is 0.493 e. The molecule has 0 radical (unpaired) electrons. The average Bonchev–Trinajstić information content (AvgIpc) is 2.70. The van der Waals surface area contributed by atoms with Crippen LogP contribution >= 0.6 is 0 Å². The van der Waals surface area contributed by atoms with E-state index in [0.29, 0.717) is 5.56 Å². The standard InChI is InChI=1S/C22H28N2O3/c1-5-9-19-18-14-21(27-4)20(26-3)13-17(18)12-15(2)24(19)23-22(25)16-10-7-6-8-11-16/h6-8,10-11,13-15,19H,5,9,12H2,1-4H3,(H,23,25). The maximum absolute atomic E-state index is 12.7. The van der Waals surface area contributed by atoms with Crippen LogP contribution in [-0.4, -0.2) is 31.2 Å². The first kappa shape index (κ1) is 19.2. The van der Waals surface area contributed by atoms with E-state index in [-0.39, 0.29) is 18.0 Å². The molecular weight excluding hydrogens is 340 g/mol. The third kappa shape index (κ3) is 3.93. The van der Waals surface area contributed by atoms with Crippen LogP contribution in [0, 0.1) is 0 Å². The normalized spacial score (nSPS) is 19.3. The van der Waals surface area contributed by atoms with Crippen LogP contribution in [-0.2, 0) is 6.42 Å². The zero-order valence-corrected chi connectivity index (χ0v) is 16.5. The number of hydrogen-bond donors (Lipinski definition) is 1. The first-order chi connectivity index (χ1) is 13.1. The summed E-state index contributed by atoms with van der Waals surface area (Å²) in [5, 5.41) is 2.10. The van der Waals surface area contributed by atoms with Crippen LogP contribution in [0.15, 0.2) is 42.5 Å². The second-order valence-electron chi connectivity index (χ2n) is 6.98. The fourth-order valence-electron chi connectivity index (χ4n) is 3.82. The quantitative estimate of drug-likeness (QED) is 0.833. The van der Waals surface area contributed by atoms with Crippen LogP contribution in [0.2, 0.25) is 0 Å². The van der Waals surface area contributed by atoms with Crippen molar-refractivity contribution in [3.05, 3.63) is 59.2 Å². The number of nitrogens with one attached hydrogen (secondary N) is 1.